The Labute approximate surface area is 162 Å². The van der Waals surface area contributed by atoms with E-state index in [9.17, 15) is 0 Å². The Morgan fingerprint density at radius 2 is 1.96 bits per heavy atom. The molecule has 136 valence electrons. The van der Waals surface area contributed by atoms with Crippen LogP contribution in [0.25, 0.3) is 10.2 Å². The van der Waals surface area contributed by atoms with Crippen molar-refractivity contribution in [3.8, 4) is 11.5 Å². The number of benzene rings is 1. The number of fused-ring (bicyclic) bond motifs is 1. The van der Waals surface area contributed by atoms with Gasteiger partial charge in [-0.1, -0.05) is 42.2 Å². The van der Waals surface area contributed by atoms with Gasteiger partial charge >= 0.3 is 0 Å². The Balaban J connectivity index is 1.48. The van der Waals surface area contributed by atoms with Crippen molar-refractivity contribution in [2.24, 2.45) is 5.92 Å². The van der Waals surface area contributed by atoms with Gasteiger partial charge in [-0.15, -0.1) is 0 Å². The van der Waals surface area contributed by atoms with Crippen molar-refractivity contribution in [3.63, 3.8) is 0 Å². The highest BCUT2D eigenvalue weighted by Gasteiger charge is 2.20. The maximum absolute atomic E-state index is 5.91. The molecule has 3 aromatic rings. The first-order valence-corrected chi connectivity index (χ1v) is 10.3. The van der Waals surface area contributed by atoms with E-state index in [1.165, 1.54) is 32.1 Å². The molecule has 6 heteroatoms. The lowest BCUT2D eigenvalue weighted by molar-refractivity contribution is 0.328. The molecule has 2 heterocycles. The van der Waals surface area contributed by atoms with E-state index in [0.717, 1.165) is 27.0 Å². The molecule has 1 aliphatic rings. The van der Waals surface area contributed by atoms with Crippen LogP contribution in [0.1, 0.15) is 39.0 Å². The second kappa shape index (κ2) is 7.80. The molecule has 4 nitrogen and oxygen atoms in total. The largest absolute Gasteiger partial charge is 0.457 e. The number of thiazole rings is 1. The van der Waals surface area contributed by atoms with Crippen molar-refractivity contribution in [2.45, 2.75) is 45.1 Å². The second-order valence-electron chi connectivity index (χ2n) is 6.90. The molecule has 0 unspecified atom stereocenters. The van der Waals surface area contributed by atoms with E-state index in [1.807, 2.05) is 18.2 Å². The van der Waals surface area contributed by atoms with Crippen molar-refractivity contribution in [1.29, 1.82) is 0 Å². The normalized spacial score (nSPS) is 16.5. The highest BCUT2D eigenvalue weighted by molar-refractivity contribution is 7.22. The van der Waals surface area contributed by atoms with Gasteiger partial charge in [0.15, 0.2) is 5.13 Å². The monoisotopic (exact) mass is 387 g/mol. The second-order valence-corrected chi connectivity index (χ2v) is 8.31. The van der Waals surface area contributed by atoms with Gasteiger partial charge in [-0.05, 0) is 43.9 Å². The van der Waals surface area contributed by atoms with E-state index in [4.69, 9.17) is 21.3 Å². The molecule has 0 amide bonds. The SMILES string of the molecule is C[C@H](Nc1nc2ccc(Oc3ccnc(Cl)c3)cc2s1)C1CCCCC1. The summed E-state index contributed by atoms with van der Waals surface area (Å²) in [5.74, 6) is 2.21. The highest BCUT2D eigenvalue weighted by atomic mass is 35.5. The number of ether oxygens (including phenoxy) is 1. The number of halogens is 1. The van der Waals surface area contributed by atoms with E-state index in [1.54, 1.807) is 29.7 Å². The smallest absolute Gasteiger partial charge is 0.184 e. The zero-order chi connectivity index (χ0) is 17.9. The summed E-state index contributed by atoms with van der Waals surface area (Å²) in [4.78, 5) is 8.70. The van der Waals surface area contributed by atoms with Crippen molar-refractivity contribution in [2.75, 3.05) is 5.32 Å². The molecule has 1 N–H and O–H groups in total. The Morgan fingerprint density at radius 3 is 2.77 bits per heavy atom. The van der Waals surface area contributed by atoms with Crippen LogP contribution in [0.2, 0.25) is 5.15 Å². The van der Waals surface area contributed by atoms with Gasteiger partial charge in [-0.3, -0.25) is 0 Å². The number of nitrogens with one attached hydrogen (secondary N) is 1. The molecule has 4 rings (SSSR count). The molecule has 0 saturated heterocycles. The van der Waals surface area contributed by atoms with E-state index in [0.29, 0.717) is 16.9 Å². The van der Waals surface area contributed by atoms with Gasteiger partial charge in [0.25, 0.3) is 0 Å². The topological polar surface area (TPSA) is 47.0 Å². The quantitative estimate of drug-likeness (QED) is 0.506. The fourth-order valence-corrected chi connectivity index (χ4v) is 4.72. The Hall–Kier alpha value is -1.85. The molecule has 1 aliphatic carbocycles. The molecule has 1 aromatic carbocycles. The van der Waals surface area contributed by atoms with Crippen LogP contribution in [0.15, 0.2) is 36.5 Å². The maximum atomic E-state index is 5.91. The number of hydrogen-bond acceptors (Lipinski definition) is 5. The van der Waals surface area contributed by atoms with Gasteiger partial charge in [-0.25, -0.2) is 9.97 Å². The standard InChI is InChI=1S/C20H22ClN3OS/c1-13(14-5-3-2-4-6-14)23-20-24-17-8-7-15(11-18(17)26-20)25-16-9-10-22-19(21)12-16/h7-14H,2-6H2,1H3,(H,23,24)/t13-/m0/s1. The molecule has 0 spiro atoms. The van der Waals surface area contributed by atoms with Crippen LogP contribution in [0.4, 0.5) is 5.13 Å². The lowest BCUT2D eigenvalue weighted by Gasteiger charge is -2.28. The third kappa shape index (κ3) is 4.10. The summed E-state index contributed by atoms with van der Waals surface area (Å²) in [6.07, 6.45) is 8.39. The molecule has 1 saturated carbocycles. The van der Waals surface area contributed by atoms with Gasteiger partial charge in [0.2, 0.25) is 0 Å². The number of pyridine rings is 1. The molecule has 0 aliphatic heterocycles. The first kappa shape index (κ1) is 17.6. The summed E-state index contributed by atoms with van der Waals surface area (Å²) in [7, 11) is 0. The number of hydrogen-bond donors (Lipinski definition) is 1. The van der Waals surface area contributed by atoms with E-state index in [-0.39, 0.29) is 0 Å². The van der Waals surface area contributed by atoms with E-state index < -0.39 is 0 Å². The fraction of sp³-hybridized carbons (Fsp3) is 0.400. The van der Waals surface area contributed by atoms with Crippen molar-refractivity contribution >= 4 is 38.3 Å². The van der Waals surface area contributed by atoms with Crippen molar-refractivity contribution in [3.05, 3.63) is 41.7 Å². The average Bonchev–Trinajstić information content (AvgIpc) is 3.04. The molecular formula is C20H22ClN3OS. The molecule has 1 atom stereocenters. The molecule has 2 aromatic heterocycles. The van der Waals surface area contributed by atoms with Gasteiger partial charge in [0, 0.05) is 24.4 Å². The lowest BCUT2D eigenvalue weighted by Crippen LogP contribution is -2.27. The first-order chi connectivity index (χ1) is 12.7. The number of nitrogens with zero attached hydrogens (tertiary/aromatic N) is 2. The lowest BCUT2D eigenvalue weighted by atomic mass is 9.85. The van der Waals surface area contributed by atoms with Gasteiger partial charge in [0.1, 0.15) is 16.7 Å². The van der Waals surface area contributed by atoms with Crippen LogP contribution in [-0.2, 0) is 0 Å². The van der Waals surface area contributed by atoms with Crippen LogP contribution in [-0.4, -0.2) is 16.0 Å². The average molecular weight is 388 g/mol. The van der Waals surface area contributed by atoms with E-state index in [2.05, 4.69) is 17.2 Å². The molecule has 0 radical (unpaired) electrons. The number of anilines is 1. The zero-order valence-electron chi connectivity index (χ0n) is 14.7. The van der Waals surface area contributed by atoms with Gasteiger partial charge in [-0.2, -0.15) is 0 Å². The van der Waals surface area contributed by atoms with Crippen LogP contribution in [0, 0.1) is 5.92 Å². The molecule has 26 heavy (non-hydrogen) atoms. The molecule has 0 bridgehead atoms. The third-order valence-electron chi connectivity index (χ3n) is 5.00. The first-order valence-electron chi connectivity index (χ1n) is 9.14. The number of rotatable bonds is 5. The van der Waals surface area contributed by atoms with E-state index >= 15 is 0 Å². The van der Waals surface area contributed by atoms with Crippen LogP contribution in [0.5, 0.6) is 11.5 Å². The minimum Gasteiger partial charge on any atom is -0.457 e. The minimum absolute atomic E-state index is 0.421. The van der Waals surface area contributed by atoms with Crippen molar-refractivity contribution in [1.82, 2.24) is 9.97 Å². The predicted molar refractivity (Wildman–Crippen MR) is 109 cm³/mol. The highest BCUT2D eigenvalue weighted by Crippen LogP contribution is 2.33. The summed E-state index contributed by atoms with van der Waals surface area (Å²) in [6, 6.07) is 9.92. The Kier molecular flexibility index (Phi) is 5.27. The summed E-state index contributed by atoms with van der Waals surface area (Å²) >= 11 is 7.59. The van der Waals surface area contributed by atoms with Gasteiger partial charge in [0.05, 0.1) is 10.2 Å². The fourth-order valence-electron chi connectivity index (χ4n) is 3.56. The van der Waals surface area contributed by atoms with Gasteiger partial charge < -0.3 is 10.1 Å². The number of aromatic nitrogens is 2. The molecular weight excluding hydrogens is 366 g/mol. The summed E-state index contributed by atoms with van der Waals surface area (Å²) < 4.78 is 7.00. The maximum Gasteiger partial charge on any atom is 0.184 e. The predicted octanol–water partition coefficient (Wildman–Crippen LogP) is 6.52. The van der Waals surface area contributed by atoms with Crippen LogP contribution >= 0.6 is 22.9 Å². The Morgan fingerprint density at radius 1 is 1.15 bits per heavy atom. The summed E-state index contributed by atoms with van der Waals surface area (Å²) in [5, 5.41) is 5.03. The molecule has 1 fully saturated rings. The minimum atomic E-state index is 0.421. The zero-order valence-corrected chi connectivity index (χ0v) is 16.3. The summed E-state index contributed by atoms with van der Waals surface area (Å²) in [6.45, 7) is 2.28. The van der Waals surface area contributed by atoms with Crippen LogP contribution < -0.4 is 10.1 Å². The Bertz CT molecular complexity index is 892. The third-order valence-corrected chi connectivity index (χ3v) is 6.16. The van der Waals surface area contributed by atoms with Crippen LogP contribution in [0.3, 0.4) is 0 Å². The summed E-state index contributed by atoms with van der Waals surface area (Å²) in [5.41, 5.74) is 0.994. The van der Waals surface area contributed by atoms with Crippen molar-refractivity contribution < 1.29 is 4.74 Å².